The van der Waals surface area contributed by atoms with Crippen molar-refractivity contribution in [3.8, 4) is 0 Å². The second-order valence-electron chi connectivity index (χ2n) is 4.71. The third-order valence-electron chi connectivity index (χ3n) is 3.01. The maximum atomic E-state index is 4.53. The van der Waals surface area contributed by atoms with Gasteiger partial charge < -0.3 is 9.80 Å². The highest BCUT2D eigenvalue weighted by molar-refractivity contribution is 9.11. The molecule has 0 amide bonds. The van der Waals surface area contributed by atoms with Gasteiger partial charge in [-0.05, 0) is 64.9 Å². The van der Waals surface area contributed by atoms with Crippen molar-refractivity contribution in [3.05, 3.63) is 21.2 Å². The van der Waals surface area contributed by atoms with Gasteiger partial charge in [0.1, 0.15) is 5.82 Å². The van der Waals surface area contributed by atoms with Crippen LogP contribution in [0.25, 0.3) is 0 Å². The summed E-state index contributed by atoms with van der Waals surface area (Å²) in [5.41, 5.74) is 0. The fourth-order valence-corrected chi connectivity index (χ4v) is 3.56. The van der Waals surface area contributed by atoms with E-state index in [2.05, 4.69) is 66.8 Å². The van der Waals surface area contributed by atoms with Crippen LogP contribution >= 0.6 is 31.9 Å². The lowest BCUT2D eigenvalue weighted by Crippen LogP contribution is -2.38. The Kier molecular flexibility index (Phi) is 4.44. The Morgan fingerprint density at radius 1 is 1.47 bits per heavy atom. The molecule has 1 unspecified atom stereocenters. The van der Waals surface area contributed by atoms with Crippen LogP contribution in [0.4, 0.5) is 5.82 Å². The summed E-state index contributed by atoms with van der Waals surface area (Å²) in [4.78, 5) is 9.19. The number of hydrogen-bond donors (Lipinski definition) is 0. The molecule has 1 aromatic heterocycles. The zero-order chi connectivity index (χ0) is 12.4. The van der Waals surface area contributed by atoms with Gasteiger partial charge in [0.25, 0.3) is 0 Å². The maximum Gasteiger partial charge on any atom is 0.143 e. The highest BCUT2D eigenvalue weighted by atomic mass is 79.9. The van der Waals surface area contributed by atoms with Gasteiger partial charge in [0.05, 0.1) is 4.47 Å². The summed E-state index contributed by atoms with van der Waals surface area (Å²) in [6, 6.07) is 2.64. The first-order chi connectivity index (χ1) is 8.08. The maximum absolute atomic E-state index is 4.53. The van der Waals surface area contributed by atoms with E-state index >= 15 is 0 Å². The summed E-state index contributed by atoms with van der Waals surface area (Å²) in [5, 5.41) is 0. The molecule has 2 rings (SSSR count). The van der Waals surface area contributed by atoms with Crippen LogP contribution in [-0.4, -0.2) is 43.1 Å². The Bertz CT molecular complexity index is 395. The number of likely N-dealkylation sites (N-methyl/N-ethyl adjacent to an activating group) is 1. The minimum atomic E-state index is 0.579. The van der Waals surface area contributed by atoms with Crippen LogP contribution in [0, 0.1) is 0 Å². The van der Waals surface area contributed by atoms with Crippen LogP contribution in [0.2, 0.25) is 0 Å². The predicted octanol–water partition coefficient (Wildman–Crippen LogP) is 3.14. The highest BCUT2D eigenvalue weighted by Crippen LogP contribution is 2.31. The predicted molar refractivity (Wildman–Crippen MR) is 78.6 cm³/mol. The van der Waals surface area contributed by atoms with Crippen molar-refractivity contribution in [2.24, 2.45) is 0 Å². The third kappa shape index (κ3) is 3.20. The van der Waals surface area contributed by atoms with E-state index in [0.717, 1.165) is 27.9 Å². The quantitative estimate of drug-likeness (QED) is 0.823. The number of halogens is 2. The second kappa shape index (κ2) is 5.67. The van der Waals surface area contributed by atoms with E-state index in [0.29, 0.717) is 6.04 Å². The molecule has 0 spiro atoms. The highest BCUT2D eigenvalue weighted by Gasteiger charge is 2.27. The minimum Gasteiger partial charge on any atom is -0.351 e. The number of hydrogen-bond acceptors (Lipinski definition) is 3. The first-order valence-electron chi connectivity index (χ1n) is 5.80. The molecular weight excluding hydrogens is 346 g/mol. The van der Waals surface area contributed by atoms with Crippen LogP contribution in [0.15, 0.2) is 21.2 Å². The van der Waals surface area contributed by atoms with Gasteiger partial charge in [-0.2, -0.15) is 0 Å². The van der Waals surface area contributed by atoms with Gasteiger partial charge in [-0.1, -0.05) is 0 Å². The van der Waals surface area contributed by atoms with Crippen molar-refractivity contribution in [3.63, 3.8) is 0 Å². The summed E-state index contributed by atoms with van der Waals surface area (Å²) in [6.45, 7) is 2.19. The molecule has 1 aliphatic rings. The van der Waals surface area contributed by atoms with Crippen molar-refractivity contribution in [2.75, 3.05) is 32.1 Å². The molecule has 1 atom stereocenters. The SMILES string of the molecule is CN(C)CC1CCCN1c1ncc(Br)cc1Br. The summed E-state index contributed by atoms with van der Waals surface area (Å²) in [6.07, 6.45) is 4.37. The molecule has 0 bridgehead atoms. The number of nitrogens with zero attached hydrogens (tertiary/aromatic N) is 3. The standard InChI is InChI=1S/C12H17Br2N3/c1-16(2)8-10-4-3-5-17(10)12-11(14)6-9(13)7-15-12/h6-7,10H,3-5,8H2,1-2H3. The zero-order valence-corrected chi connectivity index (χ0v) is 13.3. The van der Waals surface area contributed by atoms with Gasteiger partial charge in [-0.25, -0.2) is 4.98 Å². The molecule has 5 heteroatoms. The summed E-state index contributed by atoms with van der Waals surface area (Å²) in [5.74, 6) is 1.07. The van der Waals surface area contributed by atoms with Crippen molar-refractivity contribution in [1.29, 1.82) is 0 Å². The molecule has 0 N–H and O–H groups in total. The molecule has 17 heavy (non-hydrogen) atoms. The number of rotatable bonds is 3. The Hall–Kier alpha value is -0.130. The molecule has 1 fully saturated rings. The molecule has 0 radical (unpaired) electrons. The second-order valence-corrected chi connectivity index (χ2v) is 6.48. The van der Waals surface area contributed by atoms with Crippen LogP contribution in [0.3, 0.4) is 0 Å². The Morgan fingerprint density at radius 2 is 2.24 bits per heavy atom. The summed E-state index contributed by atoms with van der Waals surface area (Å²) < 4.78 is 2.08. The smallest absolute Gasteiger partial charge is 0.143 e. The first-order valence-corrected chi connectivity index (χ1v) is 7.39. The largest absolute Gasteiger partial charge is 0.351 e. The van der Waals surface area contributed by atoms with Gasteiger partial charge in [-0.15, -0.1) is 0 Å². The molecule has 1 aliphatic heterocycles. The van der Waals surface area contributed by atoms with Gasteiger partial charge >= 0.3 is 0 Å². The molecule has 1 aromatic rings. The van der Waals surface area contributed by atoms with Crippen LogP contribution < -0.4 is 4.90 Å². The Morgan fingerprint density at radius 3 is 2.88 bits per heavy atom. The number of pyridine rings is 1. The van der Waals surface area contributed by atoms with Crippen molar-refractivity contribution in [1.82, 2.24) is 9.88 Å². The fourth-order valence-electron chi connectivity index (χ4n) is 2.34. The number of aromatic nitrogens is 1. The Balaban J connectivity index is 2.20. The fraction of sp³-hybridized carbons (Fsp3) is 0.583. The number of anilines is 1. The normalized spacial score (nSPS) is 20.3. The lowest BCUT2D eigenvalue weighted by atomic mass is 10.2. The van der Waals surface area contributed by atoms with Crippen LogP contribution in [-0.2, 0) is 0 Å². The van der Waals surface area contributed by atoms with Gasteiger partial charge in [0.15, 0.2) is 0 Å². The average Bonchev–Trinajstić information content (AvgIpc) is 2.65. The monoisotopic (exact) mass is 361 g/mol. The summed E-state index contributed by atoms with van der Waals surface area (Å²) >= 11 is 7.04. The van der Waals surface area contributed by atoms with E-state index in [1.807, 2.05) is 6.20 Å². The van der Waals surface area contributed by atoms with E-state index in [4.69, 9.17) is 0 Å². The third-order valence-corrected chi connectivity index (χ3v) is 4.03. The van der Waals surface area contributed by atoms with Gasteiger partial charge in [-0.3, -0.25) is 0 Å². The van der Waals surface area contributed by atoms with Crippen LogP contribution in [0.5, 0.6) is 0 Å². The van der Waals surface area contributed by atoms with Gasteiger partial charge in [0, 0.05) is 29.8 Å². The molecule has 94 valence electrons. The average molecular weight is 363 g/mol. The zero-order valence-electron chi connectivity index (χ0n) is 10.2. The lowest BCUT2D eigenvalue weighted by molar-refractivity contribution is 0.371. The molecular formula is C12H17Br2N3. The molecule has 0 aliphatic carbocycles. The van der Waals surface area contributed by atoms with E-state index in [9.17, 15) is 0 Å². The van der Waals surface area contributed by atoms with E-state index in [1.54, 1.807) is 0 Å². The Labute approximate surface area is 119 Å². The molecule has 0 aromatic carbocycles. The first kappa shape index (κ1) is 13.3. The molecule has 2 heterocycles. The lowest BCUT2D eigenvalue weighted by Gasteiger charge is -2.28. The minimum absolute atomic E-state index is 0.579. The van der Waals surface area contributed by atoms with Crippen LogP contribution in [0.1, 0.15) is 12.8 Å². The van der Waals surface area contributed by atoms with E-state index in [-0.39, 0.29) is 0 Å². The molecule has 1 saturated heterocycles. The molecule has 0 saturated carbocycles. The van der Waals surface area contributed by atoms with E-state index < -0.39 is 0 Å². The van der Waals surface area contributed by atoms with Crippen molar-refractivity contribution < 1.29 is 0 Å². The van der Waals surface area contributed by atoms with Crippen molar-refractivity contribution in [2.45, 2.75) is 18.9 Å². The van der Waals surface area contributed by atoms with E-state index in [1.165, 1.54) is 12.8 Å². The summed E-state index contributed by atoms with van der Waals surface area (Å²) in [7, 11) is 4.25. The molecule has 3 nitrogen and oxygen atoms in total. The van der Waals surface area contributed by atoms with Gasteiger partial charge in [0.2, 0.25) is 0 Å². The topological polar surface area (TPSA) is 19.4 Å². The van der Waals surface area contributed by atoms with Crippen molar-refractivity contribution >= 4 is 37.7 Å².